The maximum atomic E-state index is 12.7. The summed E-state index contributed by atoms with van der Waals surface area (Å²) in [6, 6.07) is 6.13. The molecule has 0 aromatic heterocycles. The number of hydrogen-bond acceptors (Lipinski definition) is 4. The fourth-order valence-electron chi connectivity index (χ4n) is 4.49. The van der Waals surface area contributed by atoms with Gasteiger partial charge >= 0.3 is 0 Å². The van der Waals surface area contributed by atoms with E-state index in [9.17, 15) is 19.5 Å². The number of fused-ring (bicyclic) bond motifs is 5. The first-order valence-corrected chi connectivity index (χ1v) is 9.94. The summed E-state index contributed by atoms with van der Waals surface area (Å²) in [6.45, 7) is -0.292. The van der Waals surface area contributed by atoms with E-state index in [0.29, 0.717) is 5.69 Å². The van der Waals surface area contributed by atoms with Crippen molar-refractivity contribution in [2.75, 3.05) is 11.9 Å². The van der Waals surface area contributed by atoms with Crippen LogP contribution in [0.15, 0.2) is 24.3 Å². The van der Waals surface area contributed by atoms with Gasteiger partial charge < -0.3 is 10.4 Å². The van der Waals surface area contributed by atoms with Crippen molar-refractivity contribution in [2.24, 2.45) is 23.7 Å². The molecule has 0 spiro atoms. The Bertz CT molecular complexity index is 739. The van der Waals surface area contributed by atoms with Crippen LogP contribution < -0.4 is 5.32 Å². The van der Waals surface area contributed by atoms with Crippen LogP contribution in [-0.2, 0) is 14.4 Å². The number of alkyl halides is 2. The number of imide groups is 1. The zero-order valence-corrected chi connectivity index (χ0v) is 16.2. The molecule has 132 valence electrons. The lowest BCUT2D eigenvalue weighted by atomic mass is 9.81. The predicted octanol–water partition coefficient (Wildman–Crippen LogP) is 2.11. The lowest BCUT2D eigenvalue weighted by molar-refractivity contribution is -0.143. The van der Waals surface area contributed by atoms with Gasteiger partial charge in [0.25, 0.3) is 0 Å². The highest BCUT2D eigenvalue weighted by Gasteiger charge is 2.66. The summed E-state index contributed by atoms with van der Waals surface area (Å²) in [5.41, 5.74) is 0.422. The number of phenolic OH excluding ortho intramolecular Hbond substituents is 1. The van der Waals surface area contributed by atoms with Gasteiger partial charge in [-0.3, -0.25) is 19.3 Å². The fraction of sp³-hybridized carbons (Fsp3) is 0.471. The van der Waals surface area contributed by atoms with E-state index in [2.05, 4.69) is 37.2 Å². The normalized spacial score (nSPS) is 36.0. The van der Waals surface area contributed by atoms with E-state index in [-0.39, 0.29) is 57.4 Å². The van der Waals surface area contributed by atoms with Gasteiger partial charge in [0, 0.05) is 21.4 Å². The Hall–Kier alpha value is -1.41. The predicted molar refractivity (Wildman–Crippen MR) is 97.5 cm³/mol. The molecule has 25 heavy (non-hydrogen) atoms. The summed E-state index contributed by atoms with van der Waals surface area (Å²) in [6.07, 6.45) is 0.863. The minimum atomic E-state index is -0.453. The summed E-state index contributed by atoms with van der Waals surface area (Å²) in [5.74, 6) is -1.26. The van der Waals surface area contributed by atoms with Gasteiger partial charge in [0.15, 0.2) is 0 Å². The molecule has 4 rings (SSSR count). The minimum Gasteiger partial charge on any atom is -0.508 e. The zero-order chi connectivity index (χ0) is 17.9. The number of benzene rings is 1. The summed E-state index contributed by atoms with van der Waals surface area (Å²) in [5, 5.41) is 12.0. The number of halogens is 2. The van der Waals surface area contributed by atoms with E-state index in [1.165, 1.54) is 12.1 Å². The van der Waals surface area contributed by atoms with Crippen LogP contribution in [0.4, 0.5) is 5.69 Å². The van der Waals surface area contributed by atoms with Crippen LogP contribution in [0.2, 0.25) is 0 Å². The van der Waals surface area contributed by atoms with Gasteiger partial charge in [-0.2, -0.15) is 0 Å². The Morgan fingerprint density at radius 3 is 2.32 bits per heavy atom. The molecule has 1 heterocycles. The molecule has 3 fully saturated rings. The number of hydrogen-bond donors (Lipinski definition) is 2. The summed E-state index contributed by atoms with van der Waals surface area (Å²) >= 11 is 7.27. The first kappa shape index (κ1) is 17.0. The molecule has 2 N–H and O–H groups in total. The SMILES string of the molecule is O=C(CN1C(=O)[C@H]2[C@@H]3C[C@H]([C@@H](Br)[C@H]3Br)[C@@H]2C1=O)Nc1cccc(O)c1. The lowest BCUT2D eigenvalue weighted by Gasteiger charge is -2.28. The van der Waals surface area contributed by atoms with Crippen molar-refractivity contribution in [1.29, 1.82) is 0 Å². The van der Waals surface area contributed by atoms with Crippen LogP contribution in [0.25, 0.3) is 0 Å². The van der Waals surface area contributed by atoms with Crippen LogP contribution in [0.3, 0.4) is 0 Å². The molecule has 1 saturated heterocycles. The van der Waals surface area contributed by atoms with E-state index in [1.807, 2.05) is 0 Å². The lowest BCUT2D eigenvalue weighted by Crippen LogP contribution is -2.39. The molecule has 0 radical (unpaired) electrons. The highest BCUT2D eigenvalue weighted by molar-refractivity contribution is 9.12. The Labute approximate surface area is 161 Å². The number of rotatable bonds is 3. The third-order valence-electron chi connectivity index (χ3n) is 5.51. The molecule has 6 nitrogen and oxygen atoms in total. The molecule has 0 unspecified atom stereocenters. The highest BCUT2D eigenvalue weighted by Crippen LogP contribution is 2.60. The number of likely N-dealkylation sites (tertiary alicyclic amines) is 1. The number of carbonyl (C=O) groups excluding carboxylic acids is 3. The first-order valence-electron chi connectivity index (χ1n) is 8.10. The molecular weight excluding hydrogens is 456 g/mol. The molecule has 1 aromatic rings. The van der Waals surface area contributed by atoms with Crippen LogP contribution in [0.1, 0.15) is 6.42 Å². The van der Waals surface area contributed by atoms with Gasteiger partial charge in [0.2, 0.25) is 17.7 Å². The van der Waals surface area contributed by atoms with Gasteiger partial charge in [0.05, 0.1) is 11.8 Å². The molecule has 8 heteroatoms. The summed E-state index contributed by atoms with van der Waals surface area (Å²) in [4.78, 5) is 39.2. The second-order valence-electron chi connectivity index (χ2n) is 6.86. The number of nitrogens with one attached hydrogen (secondary N) is 1. The number of anilines is 1. The van der Waals surface area contributed by atoms with E-state index >= 15 is 0 Å². The molecule has 2 bridgehead atoms. The number of phenols is 1. The van der Waals surface area contributed by atoms with Gasteiger partial charge in [-0.25, -0.2) is 0 Å². The average Bonchev–Trinajstić information content (AvgIpc) is 3.15. The molecule has 2 saturated carbocycles. The number of carbonyl (C=O) groups is 3. The smallest absolute Gasteiger partial charge is 0.244 e. The van der Waals surface area contributed by atoms with Crippen molar-refractivity contribution in [3.05, 3.63) is 24.3 Å². The van der Waals surface area contributed by atoms with Crippen molar-refractivity contribution in [3.63, 3.8) is 0 Å². The van der Waals surface area contributed by atoms with E-state index < -0.39 is 5.91 Å². The van der Waals surface area contributed by atoms with E-state index in [4.69, 9.17) is 0 Å². The van der Waals surface area contributed by atoms with Gasteiger partial charge in [-0.05, 0) is 30.4 Å². The fourth-order valence-corrected chi connectivity index (χ4v) is 6.37. The molecule has 6 atom stereocenters. The Morgan fingerprint density at radius 2 is 1.76 bits per heavy atom. The van der Waals surface area contributed by atoms with Gasteiger partial charge in [-0.15, -0.1) is 0 Å². The van der Waals surface area contributed by atoms with E-state index in [0.717, 1.165) is 11.3 Å². The minimum absolute atomic E-state index is 0.0314. The Kier molecular flexibility index (Phi) is 4.15. The molecule has 1 aromatic carbocycles. The molecule has 1 aliphatic heterocycles. The molecule has 2 aliphatic carbocycles. The van der Waals surface area contributed by atoms with Crippen molar-refractivity contribution in [3.8, 4) is 5.75 Å². The topological polar surface area (TPSA) is 86.7 Å². The number of amides is 3. The monoisotopic (exact) mass is 470 g/mol. The number of nitrogens with zero attached hydrogens (tertiary/aromatic N) is 1. The van der Waals surface area contributed by atoms with Crippen LogP contribution >= 0.6 is 31.9 Å². The number of aromatic hydroxyl groups is 1. The quantitative estimate of drug-likeness (QED) is 0.522. The zero-order valence-electron chi connectivity index (χ0n) is 13.1. The van der Waals surface area contributed by atoms with Gasteiger partial charge in [-0.1, -0.05) is 37.9 Å². The summed E-state index contributed by atoms with van der Waals surface area (Å²) in [7, 11) is 0. The van der Waals surface area contributed by atoms with Gasteiger partial charge in [0.1, 0.15) is 12.3 Å². The van der Waals surface area contributed by atoms with Crippen molar-refractivity contribution < 1.29 is 19.5 Å². The van der Waals surface area contributed by atoms with Crippen molar-refractivity contribution >= 4 is 55.3 Å². The Balaban J connectivity index is 1.48. The maximum Gasteiger partial charge on any atom is 0.244 e. The third-order valence-corrected chi connectivity index (χ3v) is 8.72. The largest absolute Gasteiger partial charge is 0.508 e. The molecular formula is C17H16Br2N2O4. The second-order valence-corrected chi connectivity index (χ2v) is 8.98. The Morgan fingerprint density at radius 1 is 1.16 bits per heavy atom. The molecule has 3 aliphatic rings. The molecule has 3 amide bonds. The maximum absolute atomic E-state index is 12.7. The van der Waals surface area contributed by atoms with Crippen molar-refractivity contribution in [1.82, 2.24) is 4.90 Å². The average molecular weight is 472 g/mol. The van der Waals surface area contributed by atoms with E-state index in [1.54, 1.807) is 12.1 Å². The van der Waals surface area contributed by atoms with Crippen LogP contribution in [-0.4, -0.2) is 43.9 Å². The third kappa shape index (κ3) is 2.61. The second kappa shape index (κ2) is 6.09. The standard InChI is InChI=1S/C17H16Br2N2O4/c18-14-9-5-10(15(14)19)13-12(9)16(24)21(17(13)25)6-11(23)20-7-2-1-3-8(22)4-7/h1-4,9-10,12-15,22H,5-6H2,(H,20,23)/t9-,10-,12-,13-,14-,15+/m0/s1. The van der Waals surface area contributed by atoms with Crippen LogP contribution in [0, 0.1) is 23.7 Å². The van der Waals surface area contributed by atoms with Crippen molar-refractivity contribution in [2.45, 2.75) is 16.1 Å². The first-order chi connectivity index (χ1) is 11.9. The summed E-state index contributed by atoms with van der Waals surface area (Å²) < 4.78 is 0. The highest BCUT2D eigenvalue weighted by atomic mass is 79.9. The van der Waals surface area contributed by atoms with Crippen LogP contribution in [0.5, 0.6) is 5.75 Å².